The van der Waals surface area contributed by atoms with E-state index in [1.165, 1.54) is 5.56 Å². The fraction of sp³-hybridized carbons (Fsp3) is 0.273. The second-order valence-corrected chi connectivity index (χ2v) is 2.17. The van der Waals surface area contributed by atoms with Gasteiger partial charge in [0.25, 0.3) is 0 Å². The quantitative estimate of drug-likeness (QED) is 0.631. The Hall–Kier alpha value is -1.24. The van der Waals surface area contributed by atoms with Crippen LogP contribution in [-0.2, 0) is 0 Å². The number of rotatable bonds is 1. The number of nitrogen functional groups attached to an aromatic ring is 1. The summed E-state index contributed by atoms with van der Waals surface area (Å²) in [6.45, 7) is 6.00. The van der Waals surface area contributed by atoms with Crippen LogP contribution in [0.25, 0.3) is 6.08 Å². The molecule has 0 aromatic heterocycles. The van der Waals surface area contributed by atoms with E-state index in [0.717, 1.165) is 5.69 Å². The molecule has 0 aliphatic rings. The number of nitrogens with two attached hydrogens (primary N) is 1. The van der Waals surface area contributed by atoms with E-state index in [1.807, 2.05) is 57.2 Å². The van der Waals surface area contributed by atoms with E-state index in [0.29, 0.717) is 0 Å². The van der Waals surface area contributed by atoms with Gasteiger partial charge in [0, 0.05) is 5.69 Å². The van der Waals surface area contributed by atoms with Crippen molar-refractivity contribution in [1.82, 2.24) is 0 Å². The topological polar surface area (TPSA) is 26.0 Å². The summed E-state index contributed by atoms with van der Waals surface area (Å²) in [5, 5.41) is 0. The van der Waals surface area contributed by atoms with Gasteiger partial charge in [-0.1, -0.05) is 38.1 Å². The SMILES string of the molecule is C/C=C/c1ccc(N)cc1.CC. The highest BCUT2D eigenvalue weighted by Gasteiger charge is 1.83. The lowest BCUT2D eigenvalue weighted by molar-refractivity contribution is 1.50. The largest absolute Gasteiger partial charge is 0.399 e. The van der Waals surface area contributed by atoms with Crippen LogP contribution in [0.4, 0.5) is 5.69 Å². The summed E-state index contributed by atoms with van der Waals surface area (Å²) in [5.74, 6) is 0. The van der Waals surface area contributed by atoms with Crippen LogP contribution in [0.5, 0.6) is 0 Å². The summed E-state index contributed by atoms with van der Waals surface area (Å²) in [6, 6.07) is 7.79. The van der Waals surface area contributed by atoms with Gasteiger partial charge in [0.2, 0.25) is 0 Å². The van der Waals surface area contributed by atoms with E-state index in [1.54, 1.807) is 0 Å². The smallest absolute Gasteiger partial charge is 0.0314 e. The first-order valence-electron chi connectivity index (χ1n) is 4.31. The van der Waals surface area contributed by atoms with Crippen molar-refractivity contribution < 1.29 is 0 Å². The minimum Gasteiger partial charge on any atom is -0.399 e. The molecule has 0 saturated carbocycles. The molecule has 66 valence electrons. The van der Waals surface area contributed by atoms with Gasteiger partial charge in [0.1, 0.15) is 0 Å². The highest BCUT2D eigenvalue weighted by atomic mass is 14.5. The van der Waals surface area contributed by atoms with Gasteiger partial charge in [-0.25, -0.2) is 0 Å². The van der Waals surface area contributed by atoms with Gasteiger partial charge in [-0.3, -0.25) is 0 Å². The molecule has 0 fully saturated rings. The molecule has 0 heterocycles. The Kier molecular flexibility index (Phi) is 5.80. The molecule has 0 atom stereocenters. The fourth-order valence-electron chi connectivity index (χ4n) is 0.800. The predicted molar refractivity (Wildman–Crippen MR) is 56.9 cm³/mol. The Morgan fingerprint density at radius 1 is 1.08 bits per heavy atom. The first-order chi connectivity index (χ1) is 5.83. The molecule has 1 rings (SSSR count). The summed E-state index contributed by atoms with van der Waals surface area (Å²) in [6.07, 6.45) is 4.05. The van der Waals surface area contributed by atoms with Crippen molar-refractivity contribution >= 4 is 11.8 Å². The second-order valence-electron chi connectivity index (χ2n) is 2.17. The Morgan fingerprint density at radius 2 is 1.58 bits per heavy atom. The first kappa shape index (κ1) is 10.8. The van der Waals surface area contributed by atoms with Crippen LogP contribution < -0.4 is 5.73 Å². The third-order valence-electron chi connectivity index (χ3n) is 1.30. The van der Waals surface area contributed by atoms with Gasteiger partial charge in [0.05, 0.1) is 0 Å². The molecule has 12 heavy (non-hydrogen) atoms. The van der Waals surface area contributed by atoms with Gasteiger partial charge in [0.15, 0.2) is 0 Å². The highest BCUT2D eigenvalue weighted by Crippen LogP contribution is 2.06. The summed E-state index contributed by atoms with van der Waals surface area (Å²) in [4.78, 5) is 0. The molecule has 0 aliphatic carbocycles. The maximum absolute atomic E-state index is 5.50. The van der Waals surface area contributed by atoms with Gasteiger partial charge in [-0.2, -0.15) is 0 Å². The third-order valence-corrected chi connectivity index (χ3v) is 1.30. The molecule has 2 N–H and O–H groups in total. The van der Waals surface area contributed by atoms with Crippen molar-refractivity contribution in [2.75, 3.05) is 5.73 Å². The first-order valence-corrected chi connectivity index (χ1v) is 4.31. The van der Waals surface area contributed by atoms with Crippen LogP contribution in [0.2, 0.25) is 0 Å². The molecule has 0 saturated heterocycles. The fourth-order valence-corrected chi connectivity index (χ4v) is 0.800. The van der Waals surface area contributed by atoms with E-state index in [-0.39, 0.29) is 0 Å². The normalized spacial score (nSPS) is 9.25. The zero-order valence-electron chi connectivity index (χ0n) is 8.04. The number of anilines is 1. The lowest BCUT2D eigenvalue weighted by Crippen LogP contribution is -1.82. The molecule has 0 bridgehead atoms. The molecule has 0 aliphatic heterocycles. The monoisotopic (exact) mass is 163 g/mol. The standard InChI is InChI=1S/C9H11N.C2H6/c1-2-3-8-4-6-9(10)7-5-8;1-2/h2-7H,10H2,1H3;1-2H3/b3-2+;. The number of hydrogen-bond donors (Lipinski definition) is 1. The Balaban J connectivity index is 0.000000561. The average molecular weight is 163 g/mol. The van der Waals surface area contributed by atoms with E-state index in [2.05, 4.69) is 0 Å². The molecule has 1 aromatic rings. The van der Waals surface area contributed by atoms with Crippen molar-refractivity contribution in [3.63, 3.8) is 0 Å². The van der Waals surface area contributed by atoms with Gasteiger partial charge in [-0.05, 0) is 24.6 Å². The average Bonchev–Trinajstić information content (AvgIpc) is 2.13. The molecule has 0 spiro atoms. The Labute approximate surface area is 74.9 Å². The minimum atomic E-state index is 0.813. The molecule has 1 aromatic carbocycles. The lowest BCUT2D eigenvalue weighted by atomic mass is 10.2. The van der Waals surface area contributed by atoms with Crippen molar-refractivity contribution in [1.29, 1.82) is 0 Å². The van der Waals surface area contributed by atoms with Gasteiger partial charge < -0.3 is 5.73 Å². The molecule has 0 unspecified atom stereocenters. The molecule has 0 amide bonds. The van der Waals surface area contributed by atoms with E-state index < -0.39 is 0 Å². The second kappa shape index (κ2) is 6.47. The van der Waals surface area contributed by atoms with Gasteiger partial charge in [-0.15, -0.1) is 0 Å². The third kappa shape index (κ3) is 3.81. The van der Waals surface area contributed by atoms with E-state index in [9.17, 15) is 0 Å². The van der Waals surface area contributed by atoms with Gasteiger partial charge >= 0.3 is 0 Å². The summed E-state index contributed by atoms with van der Waals surface area (Å²) in [7, 11) is 0. The van der Waals surface area contributed by atoms with Crippen molar-refractivity contribution in [2.45, 2.75) is 20.8 Å². The summed E-state index contributed by atoms with van der Waals surface area (Å²) in [5.41, 5.74) is 7.50. The molecular formula is C11H17N. The summed E-state index contributed by atoms with van der Waals surface area (Å²) >= 11 is 0. The zero-order chi connectivity index (χ0) is 9.40. The van der Waals surface area contributed by atoms with Crippen molar-refractivity contribution in [2.24, 2.45) is 0 Å². The Morgan fingerprint density at radius 3 is 2.00 bits per heavy atom. The van der Waals surface area contributed by atoms with Crippen LogP contribution in [0.1, 0.15) is 26.3 Å². The number of hydrogen-bond acceptors (Lipinski definition) is 1. The zero-order valence-corrected chi connectivity index (χ0v) is 8.04. The van der Waals surface area contributed by atoms with E-state index >= 15 is 0 Å². The van der Waals surface area contributed by atoms with Crippen molar-refractivity contribution in [3.8, 4) is 0 Å². The predicted octanol–water partition coefficient (Wildman–Crippen LogP) is 3.33. The molecule has 1 nitrogen and oxygen atoms in total. The summed E-state index contributed by atoms with van der Waals surface area (Å²) < 4.78 is 0. The molecular weight excluding hydrogens is 146 g/mol. The van der Waals surface area contributed by atoms with Crippen LogP contribution >= 0.6 is 0 Å². The molecule has 0 radical (unpaired) electrons. The lowest BCUT2D eigenvalue weighted by Gasteiger charge is -1.92. The van der Waals surface area contributed by atoms with Crippen LogP contribution in [0.15, 0.2) is 30.3 Å². The van der Waals surface area contributed by atoms with Crippen LogP contribution in [-0.4, -0.2) is 0 Å². The number of benzene rings is 1. The van der Waals surface area contributed by atoms with Crippen LogP contribution in [0, 0.1) is 0 Å². The molecule has 1 heteroatoms. The minimum absolute atomic E-state index is 0.813. The van der Waals surface area contributed by atoms with Crippen LogP contribution in [0.3, 0.4) is 0 Å². The Bertz CT molecular complexity index is 221. The maximum atomic E-state index is 5.50. The maximum Gasteiger partial charge on any atom is 0.0314 e. The van der Waals surface area contributed by atoms with Crippen molar-refractivity contribution in [3.05, 3.63) is 35.9 Å². The van der Waals surface area contributed by atoms with E-state index in [4.69, 9.17) is 5.73 Å². The number of allylic oxidation sites excluding steroid dienone is 1. The highest BCUT2D eigenvalue weighted by molar-refractivity contribution is 5.52.